The molecule has 2 amide bonds. The summed E-state index contributed by atoms with van der Waals surface area (Å²) in [6, 6.07) is 16.1. The van der Waals surface area contributed by atoms with Crippen molar-refractivity contribution in [3.8, 4) is 11.1 Å². The standard InChI is InChI=1S/C27H30N2O5/c1-16-18(26(31)32)11-6-12-29(16)25(30)23-13-17(23)14-28-27(33)34-15-24-21-9-4-2-7-19(21)20-8-3-5-10-22(20)24/h2-5,7-10,16-18,23-24H,6,11-15H2,1H3,(H,28,33)(H,31,32)/t16?,17-,18?,23-/m0/s1. The van der Waals surface area contributed by atoms with Crippen molar-refractivity contribution in [1.29, 1.82) is 0 Å². The van der Waals surface area contributed by atoms with Gasteiger partial charge >= 0.3 is 12.1 Å². The topological polar surface area (TPSA) is 95.9 Å². The Kier molecular flexibility index (Phi) is 6.02. The van der Waals surface area contributed by atoms with Gasteiger partial charge in [0.15, 0.2) is 0 Å². The van der Waals surface area contributed by atoms with E-state index in [4.69, 9.17) is 4.74 Å². The van der Waals surface area contributed by atoms with Crippen LogP contribution in [-0.2, 0) is 14.3 Å². The number of rotatable bonds is 6. The lowest BCUT2D eigenvalue weighted by atomic mass is 9.90. The Balaban J connectivity index is 1.12. The Morgan fingerprint density at radius 1 is 1.03 bits per heavy atom. The van der Waals surface area contributed by atoms with Gasteiger partial charge in [0, 0.05) is 31.0 Å². The second-order valence-corrected chi connectivity index (χ2v) is 9.67. The number of alkyl carbamates (subject to hydrolysis) is 1. The van der Waals surface area contributed by atoms with Gasteiger partial charge in [-0.05, 0) is 54.4 Å². The monoisotopic (exact) mass is 462 g/mol. The Labute approximate surface area is 199 Å². The van der Waals surface area contributed by atoms with Gasteiger partial charge in [-0.3, -0.25) is 9.59 Å². The van der Waals surface area contributed by atoms with Crippen molar-refractivity contribution in [1.82, 2.24) is 10.2 Å². The fourth-order valence-corrected chi connectivity index (χ4v) is 5.64. The van der Waals surface area contributed by atoms with Crippen LogP contribution in [0.4, 0.5) is 4.79 Å². The molecule has 5 rings (SSSR count). The number of fused-ring (bicyclic) bond motifs is 3. The van der Waals surface area contributed by atoms with Crippen molar-refractivity contribution in [2.75, 3.05) is 19.7 Å². The lowest BCUT2D eigenvalue weighted by Gasteiger charge is -2.37. The summed E-state index contributed by atoms with van der Waals surface area (Å²) in [6.45, 7) is 3.07. The quantitative estimate of drug-likeness (QED) is 0.679. The summed E-state index contributed by atoms with van der Waals surface area (Å²) in [4.78, 5) is 38.5. The van der Waals surface area contributed by atoms with Gasteiger partial charge in [0.25, 0.3) is 0 Å². The van der Waals surface area contributed by atoms with Gasteiger partial charge in [0.05, 0.1) is 5.92 Å². The summed E-state index contributed by atoms with van der Waals surface area (Å²) in [5.41, 5.74) is 4.70. The molecule has 0 radical (unpaired) electrons. The number of hydrogen-bond acceptors (Lipinski definition) is 4. The Morgan fingerprint density at radius 3 is 2.32 bits per heavy atom. The molecule has 178 valence electrons. The first-order chi connectivity index (χ1) is 16.5. The molecule has 2 aromatic rings. The molecular formula is C27H30N2O5. The van der Waals surface area contributed by atoms with E-state index in [1.54, 1.807) is 4.90 Å². The predicted octanol–water partition coefficient (Wildman–Crippen LogP) is 3.87. The third kappa shape index (κ3) is 4.15. The third-order valence-corrected chi connectivity index (χ3v) is 7.68. The Bertz CT molecular complexity index is 1070. The SMILES string of the molecule is CC1C(C(=O)O)CCCN1C(=O)[C@H]1C[C@H]1CNC(=O)OCC1c2ccccc2-c2ccccc21. The second-order valence-electron chi connectivity index (χ2n) is 9.67. The first kappa shape index (κ1) is 22.4. The lowest BCUT2D eigenvalue weighted by molar-refractivity contribution is -0.149. The van der Waals surface area contributed by atoms with E-state index in [9.17, 15) is 19.5 Å². The molecule has 4 atom stereocenters. The maximum absolute atomic E-state index is 12.9. The summed E-state index contributed by atoms with van der Waals surface area (Å²) in [7, 11) is 0. The third-order valence-electron chi connectivity index (χ3n) is 7.68. The average Bonchev–Trinajstić information content (AvgIpc) is 3.56. The van der Waals surface area contributed by atoms with Crippen molar-refractivity contribution in [2.24, 2.45) is 17.8 Å². The number of carbonyl (C=O) groups is 3. The number of ether oxygens (including phenoxy) is 1. The van der Waals surface area contributed by atoms with Gasteiger partial charge in [0.1, 0.15) is 6.61 Å². The summed E-state index contributed by atoms with van der Waals surface area (Å²) in [5, 5.41) is 12.2. The number of amides is 2. The van der Waals surface area contributed by atoms with Crippen LogP contribution >= 0.6 is 0 Å². The smallest absolute Gasteiger partial charge is 0.407 e. The minimum atomic E-state index is -0.839. The van der Waals surface area contributed by atoms with Gasteiger partial charge in [-0.2, -0.15) is 0 Å². The minimum absolute atomic E-state index is 0.0103. The van der Waals surface area contributed by atoms with Crippen LogP contribution in [0, 0.1) is 17.8 Å². The number of hydrogen-bond donors (Lipinski definition) is 2. The van der Waals surface area contributed by atoms with Crippen LogP contribution in [-0.4, -0.2) is 53.7 Å². The molecule has 0 bridgehead atoms. The number of likely N-dealkylation sites (tertiary alicyclic amines) is 1. The number of carboxylic acid groups (broad SMARTS) is 1. The van der Waals surface area contributed by atoms with E-state index in [0.29, 0.717) is 32.4 Å². The molecule has 3 aliphatic rings. The van der Waals surface area contributed by atoms with Crippen molar-refractivity contribution >= 4 is 18.0 Å². The highest BCUT2D eigenvalue weighted by molar-refractivity contribution is 5.83. The maximum Gasteiger partial charge on any atom is 0.407 e. The largest absolute Gasteiger partial charge is 0.481 e. The zero-order valence-electron chi connectivity index (χ0n) is 19.3. The van der Waals surface area contributed by atoms with E-state index >= 15 is 0 Å². The van der Waals surface area contributed by atoms with Crippen LogP contribution in [0.1, 0.15) is 43.2 Å². The molecule has 1 saturated heterocycles. The van der Waals surface area contributed by atoms with Crippen LogP contribution in [0.15, 0.2) is 48.5 Å². The van der Waals surface area contributed by atoms with Gasteiger partial charge in [-0.15, -0.1) is 0 Å². The van der Waals surface area contributed by atoms with Crippen molar-refractivity contribution in [3.05, 3.63) is 59.7 Å². The van der Waals surface area contributed by atoms with E-state index < -0.39 is 18.0 Å². The molecule has 7 heteroatoms. The molecule has 2 aliphatic carbocycles. The molecule has 2 unspecified atom stereocenters. The molecule has 2 N–H and O–H groups in total. The summed E-state index contributed by atoms with van der Waals surface area (Å²) < 4.78 is 5.58. The number of piperidine rings is 1. The highest BCUT2D eigenvalue weighted by Gasteiger charge is 2.47. The normalized spacial score (nSPS) is 25.3. The second kappa shape index (κ2) is 9.12. The average molecular weight is 463 g/mol. The highest BCUT2D eigenvalue weighted by atomic mass is 16.5. The van der Waals surface area contributed by atoms with Crippen molar-refractivity contribution < 1.29 is 24.2 Å². The molecule has 2 fully saturated rings. The van der Waals surface area contributed by atoms with Crippen LogP contribution in [0.5, 0.6) is 0 Å². The summed E-state index contributed by atoms with van der Waals surface area (Å²) in [5.74, 6) is -1.40. The zero-order chi connectivity index (χ0) is 23.8. The number of nitrogens with one attached hydrogen (secondary N) is 1. The van der Waals surface area contributed by atoms with E-state index in [1.165, 1.54) is 22.3 Å². The van der Waals surface area contributed by atoms with Crippen molar-refractivity contribution in [3.63, 3.8) is 0 Å². The molecule has 2 aromatic carbocycles. The van der Waals surface area contributed by atoms with Crippen molar-refractivity contribution in [2.45, 2.75) is 38.1 Å². The number of benzene rings is 2. The summed E-state index contributed by atoms with van der Waals surface area (Å²) in [6.07, 6.45) is 1.56. The van der Waals surface area contributed by atoms with Crippen LogP contribution in [0.25, 0.3) is 11.1 Å². The summed E-state index contributed by atoms with van der Waals surface area (Å²) >= 11 is 0. The molecule has 1 saturated carbocycles. The maximum atomic E-state index is 12.9. The van der Waals surface area contributed by atoms with Gasteiger partial charge in [0.2, 0.25) is 5.91 Å². The Morgan fingerprint density at radius 2 is 1.68 bits per heavy atom. The Hall–Kier alpha value is -3.35. The highest BCUT2D eigenvalue weighted by Crippen LogP contribution is 2.44. The van der Waals surface area contributed by atoms with E-state index in [-0.39, 0.29) is 36.3 Å². The van der Waals surface area contributed by atoms with Crippen LogP contribution in [0.3, 0.4) is 0 Å². The number of nitrogens with zero attached hydrogens (tertiary/aromatic N) is 1. The van der Waals surface area contributed by atoms with Gasteiger partial charge in [-0.25, -0.2) is 4.79 Å². The molecule has 1 heterocycles. The van der Waals surface area contributed by atoms with Crippen LogP contribution < -0.4 is 5.32 Å². The fraction of sp³-hybridized carbons (Fsp3) is 0.444. The lowest BCUT2D eigenvalue weighted by Crippen LogP contribution is -2.50. The van der Waals surface area contributed by atoms with E-state index in [1.807, 2.05) is 31.2 Å². The fourth-order valence-electron chi connectivity index (χ4n) is 5.64. The van der Waals surface area contributed by atoms with E-state index in [0.717, 1.165) is 0 Å². The first-order valence-corrected chi connectivity index (χ1v) is 12.1. The zero-order valence-corrected chi connectivity index (χ0v) is 19.3. The predicted molar refractivity (Wildman–Crippen MR) is 126 cm³/mol. The number of carbonyl (C=O) groups excluding carboxylic acids is 2. The molecular weight excluding hydrogens is 432 g/mol. The molecule has 7 nitrogen and oxygen atoms in total. The number of aliphatic carboxylic acids is 1. The van der Waals surface area contributed by atoms with Gasteiger partial charge < -0.3 is 20.1 Å². The molecule has 0 spiro atoms. The molecule has 34 heavy (non-hydrogen) atoms. The van der Waals surface area contributed by atoms with Gasteiger partial charge in [-0.1, -0.05) is 48.5 Å². The first-order valence-electron chi connectivity index (χ1n) is 12.1. The molecule has 1 aliphatic heterocycles. The molecule has 0 aromatic heterocycles. The number of carboxylic acids is 1. The minimum Gasteiger partial charge on any atom is -0.481 e. The van der Waals surface area contributed by atoms with E-state index in [2.05, 4.69) is 29.6 Å². The van der Waals surface area contributed by atoms with Crippen LogP contribution in [0.2, 0.25) is 0 Å².